The lowest BCUT2D eigenvalue weighted by atomic mass is 9.88. The Kier molecular flexibility index (Phi) is 7.87. The van der Waals surface area contributed by atoms with Crippen LogP contribution in [0.4, 0.5) is 9.18 Å². The molecule has 0 saturated carbocycles. The highest BCUT2D eigenvalue weighted by molar-refractivity contribution is 6.00. The van der Waals surface area contributed by atoms with E-state index in [1.54, 1.807) is 77.4 Å². The summed E-state index contributed by atoms with van der Waals surface area (Å²) in [5, 5.41) is 0. The standard InChI is InChI=1S/C31H37FN4O6/c1-31(2,3)42-30(40)34-15-14-22(23(32)18-34)20-8-11-24-26(16-20)33(4)29(39)36(24)25-12-13-27(37)35(28(25)38)17-19-6-9-21(41-5)10-7-19/h6-11,16,22-23,25H,12-15,17-18H2,1-5H3/t22?,23-,25?/m1/s1. The Bertz CT molecular complexity index is 1570. The fraction of sp³-hybridized carbons (Fsp3) is 0.484. The third kappa shape index (κ3) is 5.64. The fourth-order valence-corrected chi connectivity index (χ4v) is 5.83. The van der Waals surface area contributed by atoms with Crippen molar-refractivity contribution in [3.05, 3.63) is 64.1 Å². The highest BCUT2D eigenvalue weighted by atomic mass is 19.1. The summed E-state index contributed by atoms with van der Waals surface area (Å²) in [5.74, 6) is -0.504. The zero-order chi connectivity index (χ0) is 30.3. The number of hydrogen-bond donors (Lipinski definition) is 0. The van der Waals surface area contributed by atoms with Crippen molar-refractivity contribution >= 4 is 28.9 Å². The molecule has 42 heavy (non-hydrogen) atoms. The van der Waals surface area contributed by atoms with Crippen molar-refractivity contribution in [1.29, 1.82) is 0 Å². The highest BCUT2D eigenvalue weighted by Gasteiger charge is 2.38. The van der Waals surface area contributed by atoms with Crippen molar-refractivity contribution < 1.29 is 28.2 Å². The van der Waals surface area contributed by atoms with Crippen molar-refractivity contribution in [2.24, 2.45) is 7.05 Å². The number of carbonyl (C=O) groups excluding carboxylic acids is 3. The Hall–Kier alpha value is -4.15. The van der Waals surface area contributed by atoms with Crippen LogP contribution in [0.15, 0.2) is 47.3 Å². The average molecular weight is 581 g/mol. The first kappa shape index (κ1) is 29.3. The smallest absolute Gasteiger partial charge is 0.410 e. The number of imidazole rings is 1. The maximum atomic E-state index is 15.4. The Morgan fingerprint density at radius 1 is 1.02 bits per heavy atom. The van der Waals surface area contributed by atoms with Gasteiger partial charge in [0.1, 0.15) is 23.6 Å². The minimum Gasteiger partial charge on any atom is -0.497 e. The molecular weight excluding hydrogens is 543 g/mol. The Labute approximate surface area is 243 Å². The molecule has 2 unspecified atom stereocenters. The molecule has 3 heterocycles. The minimum atomic E-state index is -1.31. The lowest BCUT2D eigenvalue weighted by Gasteiger charge is -2.35. The van der Waals surface area contributed by atoms with Gasteiger partial charge in [-0.2, -0.15) is 0 Å². The number of aryl methyl sites for hydroxylation is 1. The summed E-state index contributed by atoms with van der Waals surface area (Å²) in [5.41, 5.74) is 1.57. The van der Waals surface area contributed by atoms with Gasteiger partial charge in [-0.1, -0.05) is 18.2 Å². The molecule has 3 amide bonds. The number of imide groups is 1. The van der Waals surface area contributed by atoms with Gasteiger partial charge in [0, 0.05) is 25.9 Å². The topological polar surface area (TPSA) is 103 Å². The van der Waals surface area contributed by atoms with E-state index in [4.69, 9.17) is 9.47 Å². The molecule has 2 saturated heterocycles. The van der Waals surface area contributed by atoms with E-state index in [2.05, 4.69) is 0 Å². The maximum absolute atomic E-state index is 15.4. The average Bonchev–Trinajstić information content (AvgIpc) is 3.19. The normalized spacial score (nSPS) is 21.6. The first-order valence-corrected chi connectivity index (χ1v) is 14.2. The number of halogens is 1. The molecule has 224 valence electrons. The summed E-state index contributed by atoms with van der Waals surface area (Å²) in [4.78, 5) is 54.9. The zero-order valence-corrected chi connectivity index (χ0v) is 24.6. The number of alkyl halides is 1. The molecule has 0 N–H and O–H groups in total. The van der Waals surface area contributed by atoms with Crippen LogP contribution in [0.25, 0.3) is 11.0 Å². The molecule has 11 heteroatoms. The quantitative estimate of drug-likeness (QED) is 0.417. The van der Waals surface area contributed by atoms with Crippen LogP contribution in [-0.2, 0) is 27.9 Å². The Morgan fingerprint density at radius 2 is 1.74 bits per heavy atom. The van der Waals surface area contributed by atoms with Gasteiger partial charge in [0.05, 0.1) is 31.2 Å². The summed E-state index contributed by atoms with van der Waals surface area (Å²) in [6, 6.07) is 11.6. The number of methoxy groups -OCH3 is 1. The predicted molar refractivity (Wildman–Crippen MR) is 154 cm³/mol. The predicted octanol–water partition coefficient (Wildman–Crippen LogP) is 4.30. The molecule has 2 aliphatic rings. The van der Waals surface area contributed by atoms with Crippen LogP contribution in [0.3, 0.4) is 0 Å². The van der Waals surface area contributed by atoms with Crippen LogP contribution in [-0.4, -0.2) is 68.8 Å². The number of fused-ring (bicyclic) bond motifs is 1. The molecule has 2 aromatic carbocycles. The number of carbonyl (C=O) groups is 3. The van der Waals surface area contributed by atoms with Crippen molar-refractivity contribution in [3.63, 3.8) is 0 Å². The molecule has 0 radical (unpaired) electrons. The van der Waals surface area contributed by atoms with Crippen molar-refractivity contribution in [2.45, 2.75) is 70.3 Å². The van der Waals surface area contributed by atoms with E-state index >= 15 is 4.39 Å². The number of amides is 3. The number of hydrogen-bond acceptors (Lipinski definition) is 6. The third-order valence-corrected chi connectivity index (χ3v) is 8.03. The molecule has 0 bridgehead atoms. The lowest BCUT2D eigenvalue weighted by molar-refractivity contribution is -0.151. The summed E-state index contributed by atoms with van der Waals surface area (Å²) < 4.78 is 28.9. The molecular formula is C31H37FN4O6. The van der Waals surface area contributed by atoms with Crippen LogP contribution >= 0.6 is 0 Å². The van der Waals surface area contributed by atoms with E-state index in [9.17, 15) is 19.2 Å². The van der Waals surface area contributed by atoms with Crippen LogP contribution < -0.4 is 10.4 Å². The van der Waals surface area contributed by atoms with Crippen molar-refractivity contribution in [3.8, 4) is 5.75 Å². The van der Waals surface area contributed by atoms with Gasteiger partial charge in [0.15, 0.2) is 0 Å². The van der Waals surface area contributed by atoms with Gasteiger partial charge in [-0.05, 0) is 69.0 Å². The first-order chi connectivity index (χ1) is 19.9. The molecule has 10 nitrogen and oxygen atoms in total. The van der Waals surface area contributed by atoms with E-state index < -0.39 is 35.7 Å². The largest absolute Gasteiger partial charge is 0.497 e. The summed E-state index contributed by atoms with van der Waals surface area (Å²) in [6.45, 7) is 5.69. The monoisotopic (exact) mass is 580 g/mol. The van der Waals surface area contributed by atoms with E-state index in [1.165, 1.54) is 18.9 Å². The molecule has 0 aliphatic carbocycles. The molecule has 5 rings (SSSR count). The maximum Gasteiger partial charge on any atom is 0.410 e. The number of rotatable bonds is 5. The van der Waals surface area contributed by atoms with E-state index in [-0.39, 0.29) is 37.5 Å². The van der Waals surface area contributed by atoms with E-state index in [0.717, 1.165) is 11.1 Å². The number of likely N-dealkylation sites (tertiary alicyclic amines) is 2. The molecule has 0 spiro atoms. The van der Waals surface area contributed by atoms with Crippen LogP contribution in [0.5, 0.6) is 5.75 Å². The second-order valence-electron chi connectivity index (χ2n) is 12.0. The fourth-order valence-electron chi connectivity index (χ4n) is 5.83. The van der Waals surface area contributed by atoms with E-state index in [1.807, 2.05) is 0 Å². The highest BCUT2D eigenvalue weighted by Crippen LogP contribution is 2.34. The number of aromatic nitrogens is 2. The second-order valence-corrected chi connectivity index (χ2v) is 12.0. The van der Waals surface area contributed by atoms with Crippen molar-refractivity contribution in [2.75, 3.05) is 20.2 Å². The second kappa shape index (κ2) is 11.3. The molecule has 3 aromatic rings. The minimum absolute atomic E-state index is 0.0772. The summed E-state index contributed by atoms with van der Waals surface area (Å²) >= 11 is 0. The van der Waals surface area contributed by atoms with Gasteiger partial charge >= 0.3 is 11.8 Å². The van der Waals surface area contributed by atoms with Gasteiger partial charge < -0.3 is 14.4 Å². The Morgan fingerprint density at radius 3 is 2.38 bits per heavy atom. The molecule has 2 fully saturated rings. The van der Waals surface area contributed by atoms with E-state index in [0.29, 0.717) is 29.7 Å². The van der Waals surface area contributed by atoms with Crippen LogP contribution in [0.1, 0.15) is 63.1 Å². The van der Waals surface area contributed by atoms with Gasteiger partial charge in [-0.3, -0.25) is 23.6 Å². The number of nitrogens with zero attached hydrogens (tertiary/aromatic N) is 4. The first-order valence-electron chi connectivity index (χ1n) is 14.2. The molecule has 3 atom stereocenters. The van der Waals surface area contributed by atoms with Crippen LogP contribution in [0, 0.1) is 0 Å². The number of piperidine rings is 2. The van der Waals surface area contributed by atoms with Gasteiger partial charge in [0.2, 0.25) is 5.91 Å². The SMILES string of the molecule is COc1ccc(CN2C(=O)CCC(n3c(=O)n(C)c4cc(C5CCN(C(=O)OC(C)(C)C)C[C@H]5F)ccc43)C2=O)cc1. The van der Waals surface area contributed by atoms with Crippen molar-refractivity contribution in [1.82, 2.24) is 18.9 Å². The lowest BCUT2D eigenvalue weighted by Crippen LogP contribution is -2.47. The van der Waals surface area contributed by atoms with Gasteiger partial charge in [-0.15, -0.1) is 0 Å². The molecule has 1 aromatic heterocycles. The summed E-state index contributed by atoms with van der Waals surface area (Å²) in [7, 11) is 3.18. The van der Waals surface area contributed by atoms with Crippen LogP contribution in [0.2, 0.25) is 0 Å². The zero-order valence-electron chi connectivity index (χ0n) is 24.6. The number of ether oxygens (including phenoxy) is 2. The van der Waals surface area contributed by atoms with Gasteiger partial charge in [0.25, 0.3) is 5.91 Å². The third-order valence-electron chi connectivity index (χ3n) is 8.03. The van der Waals surface area contributed by atoms with Gasteiger partial charge in [-0.25, -0.2) is 14.0 Å². The summed E-state index contributed by atoms with van der Waals surface area (Å²) in [6.07, 6.45) is -1.08. The Balaban J connectivity index is 1.38. The number of benzene rings is 2. The molecule has 2 aliphatic heterocycles.